The molecule has 0 bridgehead atoms. The highest BCUT2D eigenvalue weighted by Crippen LogP contribution is 2.18. The maximum Gasteiger partial charge on any atom is 0.252 e. The Bertz CT molecular complexity index is 412. The van der Waals surface area contributed by atoms with Crippen LogP contribution in [0.25, 0.3) is 0 Å². The molecule has 0 saturated carbocycles. The number of unbranched alkanes of at least 4 members (excludes halogenated alkanes) is 2. The van der Waals surface area contributed by atoms with E-state index in [1.54, 1.807) is 0 Å². The van der Waals surface area contributed by atoms with Crippen molar-refractivity contribution in [1.82, 2.24) is 10.2 Å². The van der Waals surface area contributed by atoms with Gasteiger partial charge in [-0.25, -0.2) is 0 Å². The van der Waals surface area contributed by atoms with Crippen LogP contribution in [0.15, 0.2) is 11.6 Å². The zero-order chi connectivity index (χ0) is 13.4. The van der Waals surface area contributed by atoms with Gasteiger partial charge in [0.15, 0.2) is 0 Å². The van der Waals surface area contributed by atoms with E-state index in [1.165, 1.54) is 24.2 Å². The van der Waals surface area contributed by atoms with Crippen molar-refractivity contribution in [3.63, 3.8) is 0 Å². The molecule has 0 fully saturated rings. The van der Waals surface area contributed by atoms with Crippen molar-refractivity contribution in [1.29, 1.82) is 0 Å². The molecule has 1 rings (SSSR count). The zero-order valence-corrected chi connectivity index (χ0v) is 12.1. The average molecular weight is 267 g/mol. The number of aryl methyl sites for hydroxylation is 1. The molecule has 0 aliphatic carbocycles. The number of carbonyl (C=O) groups is 1. The standard InChI is InChI=1S/C13H21N3OS/c1-4-6-7-9-11-15-16-13(18-11)14-12(17)10(3)8-5-2/h8H,4-7,9H2,1-3H3,(H,14,16,17). The van der Waals surface area contributed by atoms with Crippen LogP contribution in [0.2, 0.25) is 0 Å². The van der Waals surface area contributed by atoms with Gasteiger partial charge in [0.05, 0.1) is 0 Å². The monoisotopic (exact) mass is 267 g/mol. The molecule has 0 radical (unpaired) electrons. The van der Waals surface area contributed by atoms with Gasteiger partial charge in [0, 0.05) is 12.0 Å². The molecule has 1 aromatic heterocycles. The highest BCUT2D eigenvalue weighted by Gasteiger charge is 2.09. The van der Waals surface area contributed by atoms with Gasteiger partial charge in [0.25, 0.3) is 5.91 Å². The van der Waals surface area contributed by atoms with Crippen molar-refractivity contribution in [2.75, 3.05) is 5.32 Å². The highest BCUT2D eigenvalue weighted by molar-refractivity contribution is 7.15. The van der Waals surface area contributed by atoms with Crippen LogP contribution >= 0.6 is 11.3 Å². The first-order valence-corrected chi connectivity index (χ1v) is 7.29. The van der Waals surface area contributed by atoms with Crippen molar-refractivity contribution < 1.29 is 4.79 Å². The molecule has 0 aliphatic heterocycles. The largest absolute Gasteiger partial charge is 0.297 e. The minimum atomic E-state index is -0.0897. The molecule has 0 aromatic carbocycles. The van der Waals surface area contributed by atoms with E-state index in [0.717, 1.165) is 29.8 Å². The van der Waals surface area contributed by atoms with Gasteiger partial charge in [0.2, 0.25) is 5.13 Å². The summed E-state index contributed by atoms with van der Waals surface area (Å²) in [5.41, 5.74) is 0.722. The third kappa shape index (κ3) is 4.96. The summed E-state index contributed by atoms with van der Waals surface area (Å²) in [6, 6.07) is 0. The molecular formula is C13H21N3OS. The number of hydrogen-bond acceptors (Lipinski definition) is 4. The molecule has 1 heterocycles. The van der Waals surface area contributed by atoms with E-state index in [4.69, 9.17) is 0 Å². The van der Waals surface area contributed by atoms with E-state index < -0.39 is 0 Å². The number of rotatable bonds is 7. The minimum Gasteiger partial charge on any atom is -0.297 e. The minimum absolute atomic E-state index is 0.0897. The predicted octanol–water partition coefficient (Wildman–Crippen LogP) is 3.57. The Hall–Kier alpha value is -1.23. The number of nitrogens with one attached hydrogen (secondary N) is 1. The first kappa shape index (κ1) is 14.8. The second-order valence-electron chi connectivity index (χ2n) is 4.21. The smallest absolute Gasteiger partial charge is 0.252 e. The SMILES string of the molecule is CCC=C(C)C(=O)Nc1nnc(CCCCC)s1. The first-order valence-electron chi connectivity index (χ1n) is 6.47. The molecule has 1 aromatic rings. The number of aromatic nitrogens is 2. The van der Waals surface area contributed by atoms with Crippen molar-refractivity contribution in [3.05, 3.63) is 16.7 Å². The van der Waals surface area contributed by atoms with Crippen molar-refractivity contribution in [2.24, 2.45) is 0 Å². The van der Waals surface area contributed by atoms with Gasteiger partial charge in [-0.3, -0.25) is 10.1 Å². The lowest BCUT2D eigenvalue weighted by molar-refractivity contribution is -0.112. The van der Waals surface area contributed by atoms with Crippen LogP contribution in [0.1, 0.15) is 51.5 Å². The molecule has 0 aliphatic rings. The number of amides is 1. The van der Waals surface area contributed by atoms with Crippen molar-refractivity contribution in [2.45, 2.75) is 52.9 Å². The molecule has 4 nitrogen and oxygen atoms in total. The van der Waals surface area contributed by atoms with Gasteiger partial charge in [-0.2, -0.15) is 0 Å². The average Bonchev–Trinajstić information content (AvgIpc) is 2.77. The van der Waals surface area contributed by atoms with Crippen molar-refractivity contribution >= 4 is 22.4 Å². The summed E-state index contributed by atoms with van der Waals surface area (Å²) in [7, 11) is 0. The highest BCUT2D eigenvalue weighted by atomic mass is 32.1. The molecule has 0 saturated heterocycles. The molecule has 1 amide bonds. The van der Waals surface area contributed by atoms with Crippen molar-refractivity contribution in [3.8, 4) is 0 Å². The molecule has 18 heavy (non-hydrogen) atoms. The Kier molecular flexibility index (Phi) is 6.57. The number of allylic oxidation sites excluding steroid dienone is 1. The summed E-state index contributed by atoms with van der Waals surface area (Å²) in [6.07, 6.45) is 7.25. The Morgan fingerprint density at radius 3 is 2.78 bits per heavy atom. The summed E-state index contributed by atoms with van der Waals surface area (Å²) in [5.74, 6) is -0.0897. The van der Waals surface area contributed by atoms with E-state index in [0.29, 0.717) is 5.13 Å². The van der Waals surface area contributed by atoms with Crippen LogP contribution in [0, 0.1) is 0 Å². The maximum atomic E-state index is 11.7. The Morgan fingerprint density at radius 2 is 2.11 bits per heavy atom. The molecule has 5 heteroatoms. The van der Waals surface area contributed by atoms with Gasteiger partial charge >= 0.3 is 0 Å². The fourth-order valence-electron chi connectivity index (χ4n) is 1.53. The Balaban J connectivity index is 2.48. The fraction of sp³-hybridized carbons (Fsp3) is 0.615. The zero-order valence-electron chi connectivity index (χ0n) is 11.3. The van der Waals surface area contributed by atoms with E-state index in [-0.39, 0.29) is 5.91 Å². The van der Waals surface area contributed by atoms with Crippen LogP contribution in [-0.4, -0.2) is 16.1 Å². The van der Waals surface area contributed by atoms with Gasteiger partial charge in [-0.15, -0.1) is 10.2 Å². The third-order valence-electron chi connectivity index (χ3n) is 2.55. The summed E-state index contributed by atoms with van der Waals surface area (Å²) >= 11 is 1.47. The first-order chi connectivity index (χ1) is 8.67. The van der Waals surface area contributed by atoms with E-state index in [9.17, 15) is 4.79 Å². The quantitative estimate of drug-likeness (QED) is 0.607. The maximum absolute atomic E-state index is 11.7. The Labute approximate surface area is 113 Å². The topological polar surface area (TPSA) is 54.9 Å². The summed E-state index contributed by atoms with van der Waals surface area (Å²) < 4.78 is 0. The number of nitrogens with zero attached hydrogens (tertiary/aromatic N) is 2. The number of carbonyl (C=O) groups excluding carboxylic acids is 1. The van der Waals surface area contributed by atoms with E-state index in [2.05, 4.69) is 22.4 Å². The van der Waals surface area contributed by atoms with E-state index in [1.807, 2.05) is 19.9 Å². The van der Waals surface area contributed by atoms with Gasteiger partial charge in [-0.1, -0.05) is 44.1 Å². The summed E-state index contributed by atoms with van der Waals surface area (Å²) in [6.45, 7) is 5.99. The van der Waals surface area contributed by atoms with Crippen LogP contribution in [0.4, 0.5) is 5.13 Å². The van der Waals surface area contributed by atoms with Gasteiger partial charge in [-0.05, 0) is 19.8 Å². The molecule has 0 unspecified atom stereocenters. The molecule has 0 atom stereocenters. The van der Waals surface area contributed by atoms with Crippen LogP contribution in [0.5, 0.6) is 0 Å². The molecule has 0 spiro atoms. The predicted molar refractivity (Wildman–Crippen MR) is 75.8 cm³/mol. The lowest BCUT2D eigenvalue weighted by Crippen LogP contribution is -2.12. The van der Waals surface area contributed by atoms with Crippen LogP contribution in [-0.2, 0) is 11.2 Å². The van der Waals surface area contributed by atoms with Gasteiger partial charge in [0.1, 0.15) is 5.01 Å². The molecular weight excluding hydrogens is 246 g/mol. The second-order valence-corrected chi connectivity index (χ2v) is 5.27. The van der Waals surface area contributed by atoms with Crippen LogP contribution in [0.3, 0.4) is 0 Å². The summed E-state index contributed by atoms with van der Waals surface area (Å²) in [5, 5.41) is 12.4. The second kappa shape index (κ2) is 7.97. The lowest BCUT2D eigenvalue weighted by atomic mass is 10.2. The third-order valence-corrected chi connectivity index (χ3v) is 3.45. The Morgan fingerprint density at radius 1 is 1.33 bits per heavy atom. The van der Waals surface area contributed by atoms with Gasteiger partial charge < -0.3 is 0 Å². The summed E-state index contributed by atoms with van der Waals surface area (Å²) in [4.78, 5) is 11.7. The lowest BCUT2D eigenvalue weighted by Gasteiger charge is -1.99. The van der Waals surface area contributed by atoms with Crippen LogP contribution < -0.4 is 5.32 Å². The number of anilines is 1. The normalized spacial score (nSPS) is 11.6. The fourth-order valence-corrected chi connectivity index (χ4v) is 2.30. The molecule has 100 valence electrons. The molecule has 1 N–H and O–H groups in total. The number of hydrogen-bond donors (Lipinski definition) is 1. The van der Waals surface area contributed by atoms with E-state index >= 15 is 0 Å².